The molecule has 0 saturated carbocycles. The molecule has 1 aliphatic carbocycles. The summed E-state index contributed by atoms with van der Waals surface area (Å²) in [5.74, 6) is 0. The fourth-order valence-corrected chi connectivity index (χ4v) is 7.56. The minimum absolute atomic E-state index is 1.29. The summed E-state index contributed by atoms with van der Waals surface area (Å²) in [4.78, 5) is 0. The molecular formula is C42H28. The van der Waals surface area contributed by atoms with Crippen LogP contribution in [-0.4, -0.2) is 0 Å². The topological polar surface area (TPSA) is 0 Å². The van der Waals surface area contributed by atoms with Gasteiger partial charge in [0.25, 0.3) is 0 Å². The molecule has 1 aliphatic rings. The Bertz CT molecular complexity index is 2420. The van der Waals surface area contributed by atoms with E-state index < -0.39 is 0 Å². The minimum Gasteiger partial charge on any atom is -0.0620 e. The smallest absolute Gasteiger partial charge is 0.00199 e. The maximum absolute atomic E-state index is 2.50. The lowest BCUT2D eigenvalue weighted by molar-refractivity contribution is 1.47. The zero-order valence-electron chi connectivity index (χ0n) is 23.7. The highest BCUT2D eigenvalue weighted by molar-refractivity contribution is 6.28. The summed E-state index contributed by atoms with van der Waals surface area (Å²) < 4.78 is 0. The van der Waals surface area contributed by atoms with Crippen molar-refractivity contribution >= 4 is 43.1 Å². The van der Waals surface area contributed by atoms with Crippen LogP contribution in [0.1, 0.15) is 11.1 Å². The molecule has 0 N–H and O–H groups in total. The number of rotatable bonds is 2. The van der Waals surface area contributed by atoms with Gasteiger partial charge in [-0.1, -0.05) is 115 Å². The van der Waals surface area contributed by atoms with Crippen LogP contribution in [0.3, 0.4) is 0 Å². The van der Waals surface area contributed by atoms with E-state index in [1.807, 2.05) is 0 Å². The van der Waals surface area contributed by atoms with E-state index in [4.69, 9.17) is 0 Å². The largest absolute Gasteiger partial charge is 0.0620 e. The van der Waals surface area contributed by atoms with Crippen molar-refractivity contribution < 1.29 is 0 Å². The van der Waals surface area contributed by atoms with Gasteiger partial charge in [-0.05, 0) is 131 Å². The summed E-state index contributed by atoms with van der Waals surface area (Å²) in [5, 5.41) is 10.6. The van der Waals surface area contributed by atoms with Crippen LogP contribution >= 0.6 is 0 Å². The van der Waals surface area contributed by atoms with Crippen LogP contribution in [0.4, 0.5) is 0 Å². The second-order valence-electron chi connectivity index (χ2n) is 11.7. The highest BCUT2D eigenvalue weighted by Gasteiger charge is 2.26. The first-order chi connectivity index (χ1) is 20.7. The predicted molar refractivity (Wildman–Crippen MR) is 181 cm³/mol. The van der Waals surface area contributed by atoms with Gasteiger partial charge in [0.15, 0.2) is 0 Å². The van der Waals surface area contributed by atoms with Gasteiger partial charge in [-0.2, -0.15) is 0 Å². The molecule has 8 aromatic rings. The molecule has 42 heavy (non-hydrogen) atoms. The van der Waals surface area contributed by atoms with Crippen LogP contribution in [0.15, 0.2) is 133 Å². The number of hydrogen-bond donors (Lipinski definition) is 0. The van der Waals surface area contributed by atoms with E-state index in [1.54, 1.807) is 0 Å². The first-order valence-corrected chi connectivity index (χ1v) is 14.8. The lowest BCUT2D eigenvalue weighted by atomic mass is 9.82. The van der Waals surface area contributed by atoms with Crippen LogP contribution in [0, 0.1) is 13.8 Å². The molecule has 0 aromatic heterocycles. The molecule has 0 bridgehead atoms. The van der Waals surface area contributed by atoms with Gasteiger partial charge in [0.05, 0.1) is 0 Å². The van der Waals surface area contributed by atoms with Crippen molar-refractivity contribution in [3.8, 4) is 44.5 Å². The quantitative estimate of drug-likeness (QED) is 0.153. The summed E-state index contributed by atoms with van der Waals surface area (Å²) in [6.45, 7) is 4.47. The monoisotopic (exact) mass is 532 g/mol. The average molecular weight is 533 g/mol. The van der Waals surface area contributed by atoms with Gasteiger partial charge in [-0.15, -0.1) is 0 Å². The number of fused-ring (bicyclic) bond motifs is 7. The first kappa shape index (κ1) is 23.5. The summed E-state index contributed by atoms with van der Waals surface area (Å²) in [6, 6.07) is 49.8. The lowest BCUT2D eigenvalue weighted by Gasteiger charge is -2.21. The van der Waals surface area contributed by atoms with Crippen LogP contribution in [-0.2, 0) is 0 Å². The SMILES string of the molecule is Cc1ccccc1-c1c2ccccc2c(-c2ccccc2C)c2cc3c(cc12)-c1cccc2c1c-3cc1ccccc12. The first-order valence-electron chi connectivity index (χ1n) is 14.8. The molecule has 0 spiro atoms. The van der Waals surface area contributed by atoms with E-state index in [0.29, 0.717) is 0 Å². The van der Waals surface area contributed by atoms with E-state index in [-0.39, 0.29) is 0 Å². The molecule has 0 heteroatoms. The highest BCUT2D eigenvalue weighted by atomic mass is 14.3. The standard InChI is InChI=1S/C42H28/c1-25-12-3-6-15-28(25)40-32-18-9-10-19-33(32)41(29-16-7-4-13-26(29)2)39-24-36-35(23-38(39)40)34-21-11-20-31-30-17-8-5-14-27(30)22-37(36)42(31)34/h3-24H,1-2H3. The molecule has 0 aliphatic heterocycles. The number of benzene rings is 8. The predicted octanol–water partition coefficient (Wildman–Crippen LogP) is 11.9. The third-order valence-electron chi connectivity index (χ3n) is 9.46. The fourth-order valence-electron chi connectivity index (χ4n) is 7.56. The van der Waals surface area contributed by atoms with Gasteiger partial charge >= 0.3 is 0 Å². The second-order valence-corrected chi connectivity index (χ2v) is 11.7. The summed E-state index contributed by atoms with van der Waals surface area (Å²) in [6.07, 6.45) is 0. The Morgan fingerprint density at radius 1 is 0.310 bits per heavy atom. The number of hydrogen-bond acceptors (Lipinski definition) is 0. The minimum atomic E-state index is 1.29. The van der Waals surface area contributed by atoms with Crippen molar-refractivity contribution in [2.45, 2.75) is 13.8 Å². The molecule has 0 radical (unpaired) electrons. The summed E-state index contributed by atoms with van der Waals surface area (Å²) in [7, 11) is 0. The van der Waals surface area contributed by atoms with Crippen LogP contribution < -0.4 is 0 Å². The Hall–Kier alpha value is -5.20. The van der Waals surface area contributed by atoms with E-state index in [1.165, 1.54) is 98.7 Å². The van der Waals surface area contributed by atoms with Crippen LogP contribution in [0.2, 0.25) is 0 Å². The summed E-state index contributed by atoms with van der Waals surface area (Å²) >= 11 is 0. The van der Waals surface area contributed by atoms with Gasteiger partial charge in [0, 0.05) is 0 Å². The normalized spacial score (nSPS) is 12.0. The lowest BCUT2D eigenvalue weighted by Crippen LogP contribution is -1.94. The molecule has 0 nitrogen and oxygen atoms in total. The Morgan fingerprint density at radius 2 is 0.786 bits per heavy atom. The molecule has 0 saturated heterocycles. The number of aryl methyl sites for hydroxylation is 2. The Labute approximate surface area is 245 Å². The van der Waals surface area contributed by atoms with Crippen molar-refractivity contribution in [2.75, 3.05) is 0 Å². The van der Waals surface area contributed by atoms with Crippen molar-refractivity contribution in [2.24, 2.45) is 0 Å². The van der Waals surface area contributed by atoms with Gasteiger partial charge in [-0.25, -0.2) is 0 Å². The second kappa shape index (κ2) is 8.65. The van der Waals surface area contributed by atoms with Crippen LogP contribution in [0.5, 0.6) is 0 Å². The van der Waals surface area contributed by atoms with Gasteiger partial charge in [0.1, 0.15) is 0 Å². The molecule has 0 atom stereocenters. The summed E-state index contributed by atoms with van der Waals surface area (Å²) in [5.41, 5.74) is 13.2. The van der Waals surface area contributed by atoms with Gasteiger partial charge in [0.2, 0.25) is 0 Å². The molecule has 0 amide bonds. The van der Waals surface area contributed by atoms with E-state index >= 15 is 0 Å². The molecule has 8 aromatic carbocycles. The van der Waals surface area contributed by atoms with Crippen LogP contribution in [0.25, 0.3) is 87.6 Å². The third kappa shape index (κ3) is 3.12. The fraction of sp³-hybridized carbons (Fsp3) is 0.0476. The van der Waals surface area contributed by atoms with Crippen molar-refractivity contribution in [3.05, 3.63) is 145 Å². The highest BCUT2D eigenvalue weighted by Crippen LogP contribution is 2.53. The Morgan fingerprint density at radius 3 is 1.40 bits per heavy atom. The third-order valence-corrected chi connectivity index (χ3v) is 9.46. The molecule has 0 unspecified atom stereocenters. The Kier molecular flexibility index (Phi) is 4.84. The van der Waals surface area contributed by atoms with E-state index in [9.17, 15) is 0 Å². The zero-order valence-corrected chi connectivity index (χ0v) is 23.7. The van der Waals surface area contributed by atoms with E-state index in [2.05, 4.69) is 147 Å². The average Bonchev–Trinajstić information content (AvgIpc) is 3.33. The molecule has 0 heterocycles. The molecular weight excluding hydrogens is 504 g/mol. The Balaban J connectivity index is 1.52. The van der Waals surface area contributed by atoms with Crippen molar-refractivity contribution in [1.82, 2.24) is 0 Å². The molecule has 196 valence electrons. The van der Waals surface area contributed by atoms with Crippen molar-refractivity contribution in [1.29, 1.82) is 0 Å². The molecule has 9 rings (SSSR count). The van der Waals surface area contributed by atoms with E-state index in [0.717, 1.165) is 0 Å². The van der Waals surface area contributed by atoms with Gasteiger partial charge < -0.3 is 0 Å². The molecule has 0 fully saturated rings. The zero-order chi connectivity index (χ0) is 27.9. The van der Waals surface area contributed by atoms with Crippen molar-refractivity contribution in [3.63, 3.8) is 0 Å². The van der Waals surface area contributed by atoms with Gasteiger partial charge in [-0.3, -0.25) is 0 Å². The maximum Gasteiger partial charge on any atom is -0.00199 e. The maximum atomic E-state index is 2.50.